The second-order valence-corrected chi connectivity index (χ2v) is 4.61. The van der Waals surface area contributed by atoms with Gasteiger partial charge in [0, 0.05) is 11.2 Å². The number of pyridine rings is 1. The number of anilines is 1. The molecule has 20 heavy (non-hydrogen) atoms. The summed E-state index contributed by atoms with van der Waals surface area (Å²) in [4.78, 5) is 15.5. The van der Waals surface area contributed by atoms with Gasteiger partial charge in [0.2, 0.25) is 0 Å². The minimum atomic E-state index is -0.422. The Labute approximate surface area is 125 Å². The fraction of sp³-hybridized carbons (Fsp3) is 0.0769. The van der Waals surface area contributed by atoms with Crippen molar-refractivity contribution in [2.75, 3.05) is 12.0 Å². The van der Waals surface area contributed by atoms with Crippen LogP contribution < -0.4 is 15.4 Å². The largest absolute Gasteiger partial charge is 0.473 e. The third-order valence-electron chi connectivity index (χ3n) is 2.25. The van der Waals surface area contributed by atoms with Crippen LogP contribution in [0.2, 0.25) is 10.0 Å². The van der Waals surface area contributed by atoms with Crippen molar-refractivity contribution >= 4 is 35.1 Å². The molecular formula is C13H11Cl2N3O2. The highest BCUT2D eigenvalue weighted by Gasteiger charge is 2.02. The maximum absolute atomic E-state index is 11.5. The molecule has 0 atom stereocenters. The van der Waals surface area contributed by atoms with E-state index in [4.69, 9.17) is 27.9 Å². The van der Waals surface area contributed by atoms with Crippen LogP contribution in [0.5, 0.6) is 5.75 Å². The minimum Gasteiger partial charge on any atom is -0.473 e. The number of hydrogen-bond acceptors (Lipinski definition) is 3. The molecule has 1 aromatic heterocycles. The van der Waals surface area contributed by atoms with E-state index in [1.807, 2.05) is 0 Å². The number of benzene rings is 1. The number of hydrogen-bond donors (Lipinski definition) is 2. The number of rotatable bonds is 4. The molecular weight excluding hydrogens is 301 g/mol. The summed E-state index contributed by atoms with van der Waals surface area (Å²) in [5.74, 6) is 1.01. The molecule has 2 amide bonds. The van der Waals surface area contributed by atoms with Crippen molar-refractivity contribution in [3.05, 3.63) is 52.6 Å². The van der Waals surface area contributed by atoms with Crippen LogP contribution in [-0.2, 0) is 0 Å². The van der Waals surface area contributed by atoms with Gasteiger partial charge in [-0.25, -0.2) is 9.78 Å². The predicted molar refractivity (Wildman–Crippen MR) is 78.3 cm³/mol. The van der Waals surface area contributed by atoms with Crippen LogP contribution >= 0.6 is 23.2 Å². The van der Waals surface area contributed by atoms with E-state index in [2.05, 4.69) is 15.6 Å². The number of ether oxygens (including phenoxy) is 1. The zero-order valence-corrected chi connectivity index (χ0v) is 11.8. The Kier molecular flexibility index (Phi) is 5.03. The van der Waals surface area contributed by atoms with Gasteiger partial charge in [-0.1, -0.05) is 23.2 Å². The van der Waals surface area contributed by atoms with Crippen LogP contribution in [0.1, 0.15) is 0 Å². The highest BCUT2D eigenvalue weighted by atomic mass is 35.5. The second kappa shape index (κ2) is 6.98. The van der Waals surface area contributed by atoms with Gasteiger partial charge in [0.25, 0.3) is 0 Å². The maximum Gasteiger partial charge on any atom is 0.323 e. The topological polar surface area (TPSA) is 63.2 Å². The molecule has 2 N–H and O–H groups in total. The summed E-state index contributed by atoms with van der Waals surface area (Å²) in [7, 11) is 0. The molecule has 0 saturated heterocycles. The summed E-state index contributed by atoms with van der Waals surface area (Å²) in [6, 6.07) is 9.64. The first-order valence-corrected chi connectivity index (χ1v) is 6.44. The lowest BCUT2D eigenvalue weighted by Gasteiger charge is -2.09. The van der Waals surface area contributed by atoms with Gasteiger partial charge in [0.15, 0.2) is 6.73 Å². The number of urea groups is 1. The standard InChI is InChI=1S/C13H11Cl2N3O2/c14-9-1-4-11(5-2-9)20-8-17-13(19)18-12-6-3-10(15)7-16-12/h1-7H,8H2,(H2,16,17,18,19). The zero-order valence-electron chi connectivity index (χ0n) is 10.3. The first-order chi connectivity index (χ1) is 9.63. The van der Waals surface area contributed by atoms with Crippen LogP contribution in [0.4, 0.5) is 10.6 Å². The smallest absolute Gasteiger partial charge is 0.323 e. The molecule has 1 heterocycles. The predicted octanol–water partition coefficient (Wildman–Crippen LogP) is 3.55. The van der Waals surface area contributed by atoms with Crippen molar-refractivity contribution in [1.29, 1.82) is 0 Å². The zero-order chi connectivity index (χ0) is 14.4. The summed E-state index contributed by atoms with van der Waals surface area (Å²) in [5, 5.41) is 6.20. The molecule has 0 saturated carbocycles. The summed E-state index contributed by atoms with van der Waals surface area (Å²) in [6.45, 7) is 0.0288. The number of halogens is 2. The molecule has 104 valence electrons. The minimum absolute atomic E-state index is 0.0288. The molecule has 0 spiro atoms. The average Bonchev–Trinajstić information content (AvgIpc) is 2.44. The molecule has 0 bridgehead atoms. The molecule has 5 nitrogen and oxygen atoms in total. The number of amides is 2. The molecule has 0 fully saturated rings. The summed E-state index contributed by atoms with van der Waals surface area (Å²) < 4.78 is 5.32. The Hall–Kier alpha value is -1.98. The summed E-state index contributed by atoms with van der Waals surface area (Å²) in [6.07, 6.45) is 1.45. The van der Waals surface area contributed by atoms with Crippen LogP contribution in [0, 0.1) is 0 Å². The van der Waals surface area contributed by atoms with Crippen molar-refractivity contribution in [3.8, 4) is 5.75 Å². The van der Waals surface area contributed by atoms with Crippen molar-refractivity contribution in [1.82, 2.24) is 10.3 Å². The van der Waals surface area contributed by atoms with Gasteiger partial charge in [-0.2, -0.15) is 0 Å². The van der Waals surface area contributed by atoms with Crippen LogP contribution in [0.3, 0.4) is 0 Å². The molecule has 2 aromatic rings. The number of carbonyl (C=O) groups excluding carboxylic acids is 1. The molecule has 2 rings (SSSR count). The number of nitrogens with zero attached hydrogens (tertiary/aromatic N) is 1. The van der Waals surface area contributed by atoms with Crippen LogP contribution in [0.15, 0.2) is 42.6 Å². The Balaban J connectivity index is 1.75. The van der Waals surface area contributed by atoms with E-state index in [9.17, 15) is 4.79 Å². The summed E-state index contributed by atoms with van der Waals surface area (Å²) >= 11 is 11.4. The van der Waals surface area contributed by atoms with E-state index in [0.717, 1.165) is 0 Å². The first kappa shape index (κ1) is 14.4. The Morgan fingerprint density at radius 1 is 1.10 bits per heavy atom. The van der Waals surface area contributed by atoms with E-state index in [1.54, 1.807) is 36.4 Å². The lowest BCUT2D eigenvalue weighted by atomic mass is 10.3. The maximum atomic E-state index is 11.5. The average molecular weight is 312 g/mol. The van der Waals surface area contributed by atoms with Gasteiger partial charge < -0.3 is 10.1 Å². The van der Waals surface area contributed by atoms with Gasteiger partial charge >= 0.3 is 6.03 Å². The molecule has 0 unspecified atom stereocenters. The van der Waals surface area contributed by atoms with Crippen molar-refractivity contribution in [2.24, 2.45) is 0 Å². The van der Waals surface area contributed by atoms with Gasteiger partial charge in [0.05, 0.1) is 5.02 Å². The van der Waals surface area contributed by atoms with Gasteiger partial charge in [-0.05, 0) is 36.4 Å². The monoisotopic (exact) mass is 311 g/mol. The lowest BCUT2D eigenvalue weighted by Crippen LogP contribution is -2.32. The van der Waals surface area contributed by atoms with Gasteiger partial charge in [-0.15, -0.1) is 0 Å². The fourth-order valence-corrected chi connectivity index (χ4v) is 1.56. The molecule has 1 aromatic carbocycles. The Bertz CT molecular complexity index is 573. The van der Waals surface area contributed by atoms with Crippen molar-refractivity contribution in [2.45, 2.75) is 0 Å². The third kappa shape index (κ3) is 4.60. The molecule has 0 aliphatic rings. The molecule has 7 heteroatoms. The second-order valence-electron chi connectivity index (χ2n) is 3.74. The van der Waals surface area contributed by atoms with Gasteiger partial charge in [-0.3, -0.25) is 5.32 Å². The van der Waals surface area contributed by atoms with Gasteiger partial charge in [0.1, 0.15) is 11.6 Å². The molecule has 0 radical (unpaired) electrons. The quantitative estimate of drug-likeness (QED) is 0.849. The van der Waals surface area contributed by atoms with E-state index >= 15 is 0 Å². The number of aromatic nitrogens is 1. The number of carbonyl (C=O) groups is 1. The van der Waals surface area contributed by atoms with Crippen LogP contribution in [-0.4, -0.2) is 17.7 Å². The lowest BCUT2D eigenvalue weighted by molar-refractivity contribution is 0.234. The fourth-order valence-electron chi connectivity index (χ4n) is 1.33. The van der Waals surface area contributed by atoms with Crippen LogP contribution in [0.25, 0.3) is 0 Å². The SMILES string of the molecule is O=C(NCOc1ccc(Cl)cc1)Nc1ccc(Cl)cn1. The first-order valence-electron chi connectivity index (χ1n) is 5.68. The Morgan fingerprint density at radius 2 is 1.80 bits per heavy atom. The van der Waals surface area contributed by atoms with E-state index in [-0.39, 0.29) is 6.73 Å². The highest BCUT2D eigenvalue weighted by molar-refractivity contribution is 6.30. The van der Waals surface area contributed by atoms with E-state index in [0.29, 0.717) is 21.6 Å². The normalized spacial score (nSPS) is 9.90. The highest BCUT2D eigenvalue weighted by Crippen LogP contribution is 2.15. The molecule has 0 aliphatic carbocycles. The third-order valence-corrected chi connectivity index (χ3v) is 2.73. The van der Waals surface area contributed by atoms with E-state index in [1.165, 1.54) is 6.20 Å². The van der Waals surface area contributed by atoms with Crippen molar-refractivity contribution in [3.63, 3.8) is 0 Å². The Morgan fingerprint density at radius 3 is 2.45 bits per heavy atom. The number of nitrogens with one attached hydrogen (secondary N) is 2. The van der Waals surface area contributed by atoms with E-state index < -0.39 is 6.03 Å². The van der Waals surface area contributed by atoms with Crippen molar-refractivity contribution < 1.29 is 9.53 Å². The summed E-state index contributed by atoms with van der Waals surface area (Å²) in [5.41, 5.74) is 0. The molecule has 0 aliphatic heterocycles.